The Hall–Kier alpha value is -0.0231. The maximum atomic E-state index is 6.53. The summed E-state index contributed by atoms with van der Waals surface area (Å²) in [5, 5.41) is 0. The molecule has 130 valence electrons. The van der Waals surface area contributed by atoms with E-state index >= 15 is 0 Å². The third-order valence-electron chi connectivity index (χ3n) is 4.48. The van der Waals surface area contributed by atoms with Crippen LogP contribution in [0.1, 0.15) is 20.3 Å². The highest BCUT2D eigenvalue weighted by molar-refractivity contribution is 6.67. The minimum Gasteiger partial charge on any atom is -0.393 e. The monoisotopic (exact) mass is 332 g/mol. The van der Waals surface area contributed by atoms with Crippen LogP contribution in [0, 0.1) is 0 Å². The van der Waals surface area contributed by atoms with Crippen molar-refractivity contribution in [3.05, 3.63) is 0 Å². The minimum absolute atomic E-state index is 0.0137. The molecule has 2 rings (SSSR count). The molecule has 2 aliphatic heterocycles. The zero-order valence-electron chi connectivity index (χ0n) is 14.5. The summed E-state index contributed by atoms with van der Waals surface area (Å²) in [6.45, 7) is 13.1. The van der Waals surface area contributed by atoms with Gasteiger partial charge in [0, 0.05) is 46.0 Å². The topological polar surface area (TPSA) is 43.4 Å². The Morgan fingerprint density at radius 2 is 1.86 bits per heavy atom. The second kappa shape index (κ2) is 8.72. The Morgan fingerprint density at radius 3 is 2.50 bits per heavy atom. The molecule has 0 aromatic heterocycles. The lowest BCUT2D eigenvalue weighted by molar-refractivity contribution is -0.101. The molecule has 2 saturated heterocycles. The predicted octanol–water partition coefficient (Wildman–Crippen LogP) is 1.05. The van der Waals surface area contributed by atoms with E-state index in [4.69, 9.17) is 18.3 Å². The summed E-state index contributed by atoms with van der Waals surface area (Å²) in [5.74, 6) is 0. The number of likely N-dealkylation sites (N-methyl/N-ethyl adjacent to an activating group) is 1. The van der Waals surface area contributed by atoms with Gasteiger partial charge in [0.1, 0.15) is 12.0 Å². The molecule has 0 bridgehead atoms. The van der Waals surface area contributed by atoms with Gasteiger partial charge < -0.3 is 23.2 Å². The second-order valence-electron chi connectivity index (χ2n) is 6.17. The molecule has 0 spiro atoms. The highest BCUT2D eigenvalue weighted by Gasteiger charge is 2.46. The Balaban J connectivity index is 2.07. The van der Waals surface area contributed by atoms with Gasteiger partial charge in [0.2, 0.25) is 0 Å². The van der Waals surface area contributed by atoms with Gasteiger partial charge in [0.05, 0.1) is 6.61 Å². The largest absolute Gasteiger partial charge is 0.393 e. The first-order valence-electron chi connectivity index (χ1n) is 8.52. The summed E-state index contributed by atoms with van der Waals surface area (Å²) in [4.78, 5) is 4.74. The maximum Gasteiger partial charge on any atom is 0.366 e. The van der Waals surface area contributed by atoms with Crippen molar-refractivity contribution in [3.8, 4) is 0 Å². The summed E-state index contributed by atoms with van der Waals surface area (Å²) >= 11 is 0. The van der Waals surface area contributed by atoms with E-state index < -0.39 is 8.56 Å². The lowest BCUT2D eigenvalue weighted by Crippen LogP contribution is -2.61. The first kappa shape index (κ1) is 18.3. The number of rotatable bonds is 5. The standard InChI is InChI=1S/C15H32N2O4Si/c1-5-19-15-7-12-18-13-14(21-22(15,4)20-6-2)17-10-8-16(3)9-11-17/h14-15H,5-13H2,1-4H3. The van der Waals surface area contributed by atoms with Crippen molar-refractivity contribution in [1.82, 2.24) is 9.80 Å². The van der Waals surface area contributed by atoms with E-state index in [1.165, 1.54) is 0 Å². The average molecular weight is 333 g/mol. The van der Waals surface area contributed by atoms with E-state index in [2.05, 4.69) is 23.4 Å². The molecule has 0 aromatic rings. The van der Waals surface area contributed by atoms with Gasteiger partial charge >= 0.3 is 8.56 Å². The lowest BCUT2D eigenvalue weighted by Gasteiger charge is -2.44. The number of piperazine rings is 1. The van der Waals surface area contributed by atoms with Crippen molar-refractivity contribution in [2.75, 3.05) is 59.7 Å². The SMILES string of the molecule is CCOC1CCOCC(N2CCN(C)CC2)O[Si]1(C)OCC. The Kier molecular flexibility index (Phi) is 7.26. The van der Waals surface area contributed by atoms with Gasteiger partial charge in [-0.15, -0.1) is 0 Å². The molecule has 0 aromatic carbocycles. The normalized spacial score (nSPS) is 36.0. The molecule has 0 aliphatic carbocycles. The van der Waals surface area contributed by atoms with E-state index in [1.54, 1.807) is 0 Å². The zero-order valence-corrected chi connectivity index (χ0v) is 15.5. The summed E-state index contributed by atoms with van der Waals surface area (Å²) in [7, 11) is -0.227. The molecule has 0 amide bonds. The molecule has 6 nitrogen and oxygen atoms in total. The van der Waals surface area contributed by atoms with Crippen LogP contribution < -0.4 is 0 Å². The van der Waals surface area contributed by atoms with Crippen LogP contribution in [0.15, 0.2) is 0 Å². The van der Waals surface area contributed by atoms with Crippen LogP contribution in [0.3, 0.4) is 0 Å². The third-order valence-corrected chi connectivity index (χ3v) is 7.71. The molecule has 3 unspecified atom stereocenters. The number of hydrogen-bond acceptors (Lipinski definition) is 6. The molecule has 0 saturated carbocycles. The number of hydrogen-bond donors (Lipinski definition) is 0. The van der Waals surface area contributed by atoms with Gasteiger partial charge in [0.25, 0.3) is 0 Å². The van der Waals surface area contributed by atoms with Crippen LogP contribution in [0.4, 0.5) is 0 Å². The van der Waals surface area contributed by atoms with Crippen LogP contribution in [-0.2, 0) is 18.3 Å². The first-order valence-corrected chi connectivity index (χ1v) is 10.9. The van der Waals surface area contributed by atoms with Crippen molar-refractivity contribution < 1.29 is 18.3 Å². The second-order valence-corrected chi connectivity index (χ2v) is 9.37. The zero-order chi connectivity index (χ0) is 16.0. The van der Waals surface area contributed by atoms with E-state index in [1.807, 2.05) is 13.8 Å². The first-order chi connectivity index (χ1) is 10.6. The number of nitrogens with zero attached hydrogens (tertiary/aromatic N) is 2. The van der Waals surface area contributed by atoms with Gasteiger partial charge in [-0.3, -0.25) is 4.90 Å². The van der Waals surface area contributed by atoms with Crippen molar-refractivity contribution in [2.45, 2.75) is 38.8 Å². The Labute approximate surface area is 135 Å². The summed E-state index contributed by atoms with van der Waals surface area (Å²) in [6.07, 6.45) is 0.839. The highest BCUT2D eigenvalue weighted by atomic mass is 28.4. The van der Waals surface area contributed by atoms with E-state index in [0.29, 0.717) is 26.4 Å². The molecule has 22 heavy (non-hydrogen) atoms. The number of ether oxygens (including phenoxy) is 2. The maximum absolute atomic E-state index is 6.53. The van der Waals surface area contributed by atoms with E-state index in [0.717, 1.165) is 32.6 Å². The predicted molar refractivity (Wildman–Crippen MR) is 88.0 cm³/mol. The molecule has 2 heterocycles. The molecule has 0 N–H and O–H groups in total. The summed E-state index contributed by atoms with van der Waals surface area (Å²) < 4.78 is 24.4. The van der Waals surface area contributed by atoms with Crippen molar-refractivity contribution in [2.24, 2.45) is 0 Å². The van der Waals surface area contributed by atoms with Gasteiger partial charge in [-0.05, 0) is 33.9 Å². The molecular formula is C15H32N2O4Si. The third kappa shape index (κ3) is 4.74. The molecule has 0 radical (unpaired) electrons. The fourth-order valence-corrected chi connectivity index (χ4v) is 6.00. The molecule has 3 atom stereocenters. The van der Waals surface area contributed by atoms with Gasteiger partial charge in [-0.2, -0.15) is 0 Å². The van der Waals surface area contributed by atoms with Crippen molar-refractivity contribution in [3.63, 3.8) is 0 Å². The average Bonchev–Trinajstić information content (AvgIpc) is 2.48. The smallest absolute Gasteiger partial charge is 0.366 e. The van der Waals surface area contributed by atoms with Crippen LogP contribution in [-0.4, -0.2) is 90.0 Å². The fraction of sp³-hybridized carbons (Fsp3) is 1.00. The Bertz CT molecular complexity index is 329. The molecular weight excluding hydrogens is 300 g/mol. The summed E-state index contributed by atoms with van der Waals surface area (Å²) in [5.41, 5.74) is 0.0349. The quantitative estimate of drug-likeness (QED) is 0.701. The summed E-state index contributed by atoms with van der Waals surface area (Å²) in [6, 6.07) is 0. The van der Waals surface area contributed by atoms with Crippen LogP contribution in [0.5, 0.6) is 0 Å². The van der Waals surface area contributed by atoms with Crippen molar-refractivity contribution in [1.29, 1.82) is 0 Å². The van der Waals surface area contributed by atoms with Gasteiger partial charge in [0.15, 0.2) is 0 Å². The van der Waals surface area contributed by atoms with Gasteiger partial charge in [-0.1, -0.05) is 0 Å². The van der Waals surface area contributed by atoms with E-state index in [-0.39, 0.29) is 12.0 Å². The minimum atomic E-state index is -2.39. The lowest BCUT2D eigenvalue weighted by atomic mass is 10.3. The van der Waals surface area contributed by atoms with Crippen molar-refractivity contribution >= 4 is 8.56 Å². The molecule has 7 heteroatoms. The van der Waals surface area contributed by atoms with Crippen LogP contribution in [0.2, 0.25) is 6.55 Å². The van der Waals surface area contributed by atoms with E-state index in [9.17, 15) is 0 Å². The van der Waals surface area contributed by atoms with Crippen LogP contribution >= 0.6 is 0 Å². The highest BCUT2D eigenvalue weighted by Crippen LogP contribution is 2.25. The van der Waals surface area contributed by atoms with Crippen LogP contribution in [0.25, 0.3) is 0 Å². The fourth-order valence-electron chi connectivity index (χ4n) is 3.16. The molecule has 2 fully saturated rings. The van der Waals surface area contributed by atoms with Gasteiger partial charge in [-0.25, -0.2) is 0 Å². The molecule has 2 aliphatic rings. The Morgan fingerprint density at radius 1 is 1.14 bits per heavy atom.